The lowest BCUT2D eigenvalue weighted by molar-refractivity contribution is -0.126. The number of amides is 2. The summed E-state index contributed by atoms with van der Waals surface area (Å²) < 4.78 is 27.0. The fraction of sp³-hybridized carbons (Fsp3) is 0.556. The van der Waals surface area contributed by atoms with Gasteiger partial charge in [0.15, 0.2) is 0 Å². The molecule has 0 radical (unpaired) electrons. The summed E-state index contributed by atoms with van der Waals surface area (Å²) in [6.07, 6.45) is 5.59. The highest BCUT2D eigenvalue weighted by Crippen LogP contribution is 2.23. The van der Waals surface area contributed by atoms with Crippen LogP contribution in [0.15, 0.2) is 29.2 Å². The zero-order chi connectivity index (χ0) is 19.2. The summed E-state index contributed by atoms with van der Waals surface area (Å²) in [4.78, 5) is 24.3. The molecule has 3 N–H and O–H groups in total. The average Bonchev–Trinajstić information content (AvgIpc) is 2.66. The van der Waals surface area contributed by atoms with Crippen molar-refractivity contribution < 1.29 is 18.0 Å². The van der Waals surface area contributed by atoms with Crippen LogP contribution in [0.2, 0.25) is 0 Å². The monoisotopic (exact) mass is 381 g/mol. The molecular weight excluding hydrogens is 354 g/mol. The summed E-state index contributed by atoms with van der Waals surface area (Å²) in [5.74, 6) is -0.703. The minimum atomic E-state index is -3.61. The molecule has 144 valence electrons. The third-order valence-electron chi connectivity index (χ3n) is 4.67. The van der Waals surface area contributed by atoms with Gasteiger partial charge in [0.25, 0.3) is 5.91 Å². The van der Waals surface area contributed by atoms with E-state index in [-0.39, 0.29) is 28.3 Å². The van der Waals surface area contributed by atoms with Crippen LogP contribution >= 0.6 is 0 Å². The average molecular weight is 381 g/mol. The number of carbonyl (C=O) groups excluding carboxylic acids is 2. The lowest BCUT2D eigenvalue weighted by Crippen LogP contribution is -2.44. The smallest absolute Gasteiger partial charge is 0.269 e. The first kappa shape index (κ1) is 20.4. The van der Waals surface area contributed by atoms with Crippen molar-refractivity contribution in [1.29, 1.82) is 0 Å². The van der Waals surface area contributed by atoms with E-state index in [1.54, 1.807) is 6.92 Å². The predicted molar refractivity (Wildman–Crippen MR) is 98.7 cm³/mol. The molecule has 2 rings (SSSR count). The van der Waals surface area contributed by atoms with Gasteiger partial charge in [-0.25, -0.2) is 13.1 Å². The molecule has 1 saturated carbocycles. The van der Waals surface area contributed by atoms with Gasteiger partial charge in [-0.2, -0.15) is 0 Å². The van der Waals surface area contributed by atoms with E-state index in [1.807, 2.05) is 6.92 Å². The molecule has 0 bridgehead atoms. The van der Waals surface area contributed by atoms with E-state index in [0.717, 1.165) is 32.1 Å². The molecule has 0 aromatic heterocycles. The highest BCUT2D eigenvalue weighted by Gasteiger charge is 2.22. The van der Waals surface area contributed by atoms with Crippen LogP contribution in [0.1, 0.15) is 62.7 Å². The second-order valence-corrected chi connectivity index (χ2v) is 8.45. The second kappa shape index (κ2) is 9.14. The lowest BCUT2D eigenvalue weighted by Gasteiger charge is -2.20. The standard InChI is InChI=1S/C18H27N3O4S/c1-3-13(2)21-26(24,25)16-11-9-15(10-12-16)18(23)20-19-17(22)14-7-5-4-6-8-14/h9-14,21H,3-8H2,1-2H3,(H,19,22)(H,20,23)/t13-/m1/s1. The summed E-state index contributed by atoms with van der Waals surface area (Å²) in [7, 11) is -3.61. The molecule has 8 heteroatoms. The van der Waals surface area contributed by atoms with E-state index >= 15 is 0 Å². The van der Waals surface area contributed by atoms with Gasteiger partial charge in [0, 0.05) is 17.5 Å². The SMILES string of the molecule is CC[C@@H](C)NS(=O)(=O)c1ccc(C(=O)NNC(=O)C2CCCCC2)cc1. The number of benzene rings is 1. The summed E-state index contributed by atoms with van der Waals surface area (Å²) in [6, 6.07) is 5.43. The first-order chi connectivity index (χ1) is 12.3. The second-order valence-electron chi connectivity index (χ2n) is 6.73. The van der Waals surface area contributed by atoms with Crippen molar-refractivity contribution in [3.63, 3.8) is 0 Å². The van der Waals surface area contributed by atoms with E-state index in [4.69, 9.17) is 0 Å². The number of hydrogen-bond acceptors (Lipinski definition) is 4. The minimum Gasteiger partial charge on any atom is -0.273 e. The maximum Gasteiger partial charge on any atom is 0.269 e. The molecule has 2 amide bonds. The van der Waals surface area contributed by atoms with Crippen molar-refractivity contribution >= 4 is 21.8 Å². The number of hydrogen-bond donors (Lipinski definition) is 3. The van der Waals surface area contributed by atoms with Gasteiger partial charge in [-0.15, -0.1) is 0 Å². The summed E-state index contributed by atoms with van der Waals surface area (Å²) in [6.45, 7) is 3.68. The van der Waals surface area contributed by atoms with Gasteiger partial charge in [-0.3, -0.25) is 20.4 Å². The zero-order valence-corrected chi connectivity index (χ0v) is 16.1. The Morgan fingerprint density at radius 3 is 2.27 bits per heavy atom. The van der Waals surface area contributed by atoms with Crippen LogP contribution in [0.4, 0.5) is 0 Å². The molecule has 1 aromatic rings. The maximum atomic E-state index is 12.2. The van der Waals surface area contributed by atoms with Gasteiger partial charge in [-0.1, -0.05) is 26.2 Å². The van der Waals surface area contributed by atoms with Crippen LogP contribution in [-0.4, -0.2) is 26.3 Å². The molecule has 0 aliphatic heterocycles. The number of sulfonamides is 1. The number of carbonyl (C=O) groups is 2. The van der Waals surface area contributed by atoms with E-state index in [0.29, 0.717) is 6.42 Å². The first-order valence-electron chi connectivity index (χ1n) is 9.06. The third-order valence-corrected chi connectivity index (χ3v) is 6.28. The lowest BCUT2D eigenvalue weighted by atomic mass is 9.89. The Morgan fingerprint density at radius 1 is 1.08 bits per heavy atom. The van der Waals surface area contributed by atoms with Crippen molar-refractivity contribution in [2.24, 2.45) is 5.92 Å². The van der Waals surface area contributed by atoms with Crippen molar-refractivity contribution in [3.8, 4) is 0 Å². The molecule has 26 heavy (non-hydrogen) atoms. The topological polar surface area (TPSA) is 104 Å². The Morgan fingerprint density at radius 2 is 1.69 bits per heavy atom. The van der Waals surface area contributed by atoms with E-state index in [9.17, 15) is 18.0 Å². The van der Waals surface area contributed by atoms with Crippen molar-refractivity contribution in [1.82, 2.24) is 15.6 Å². The Balaban J connectivity index is 1.92. The molecule has 0 heterocycles. The van der Waals surface area contributed by atoms with E-state index in [1.165, 1.54) is 24.3 Å². The largest absolute Gasteiger partial charge is 0.273 e. The van der Waals surface area contributed by atoms with E-state index < -0.39 is 15.9 Å². The number of rotatable bonds is 6. The maximum absolute atomic E-state index is 12.2. The van der Waals surface area contributed by atoms with Crippen molar-refractivity contribution in [3.05, 3.63) is 29.8 Å². The van der Waals surface area contributed by atoms with Gasteiger partial charge >= 0.3 is 0 Å². The molecule has 1 atom stereocenters. The molecule has 1 aliphatic rings. The summed E-state index contributed by atoms with van der Waals surface area (Å²) in [5, 5.41) is 0. The quantitative estimate of drug-likeness (QED) is 0.656. The Kier molecular flexibility index (Phi) is 7.16. The summed E-state index contributed by atoms with van der Waals surface area (Å²) >= 11 is 0. The molecule has 0 spiro atoms. The van der Waals surface area contributed by atoms with Gasteiger partial charge < -0.3 is 0 Å². The Labute approximate surface area is 155 Å². The molecule has 0 unspecified atom stereocenters. The highest BCUT2D eigenvalue weighted by molar-refractivity contribution is 7.89. The minimum absolute atomic E-state index is 0.0526. The van der Waals surface area contributed by atoms with Crippen LogP contribution in [-0.2, 0) is 14.8 Å². The normalized spacial score (nSPS) is 16.7. The molecule has 0 saturated heterocycles. The van der Waals surface area contributed by atoms with Crippen LogP contribution in [0.25, 0.3) is 0 Å². The molecule has 7 nitrogen and oxygen atoms in total. The van der Waals surface area contributed by atoms with Crippen molar-refractivity contribution in [2.75, 3.05) is 0 Å². The molecule has 1 aliphatic carbocycles. The fourth-order valence-corrected chi connectivity index (χ4v) is 4.19. The number of nitrogens with one attached hydrogen (secondary N) is 3. The van der Waals surface area contributed by atoms with Crippen LogP contribution in [0.3, 0.4) is 0 Å². The Bertz CT molecular complexity index is 725. The Hall–Kier alpha value is -1.93. The number of hydrazine groups is 1. The van der Waals surface area contributed by atoms with E-state index in [2.05, 4.69) is 15.6 Å². The van der Waals surface area contributed by atoms with Crippen molar-refractivity contribution in [2.45, 2.75) is 63.3 Å². The van der Waals surface area contributed by atoms with Gasteiger partial charge in [-0.05, 0) is 50.5 Å². The zero-order valence-electron chi connectivity index (χ0n) is 15.2. The van der Waals surface area contributed by atoms with Gasteiger partial charge in [0.2, 0.25) is 15.9 Å². The van der Waals surface area contributed by atoms with Gasteiger partial charge in [0.05, 0.1) is 4.90 Å². The van der Waals surface area contributed by atoms with Crippen LogP contribution in [0, 0.1) is 5.92 Å². The summed E-state index contributed by atoms with van der Waals surface area (Å²) in [5.41, 5.74) is 5.13. The molecule has 1 fully saturated rings. The molecule has 1 aromatic carbocycles. The molecular formula is C18H27N3O4S. The first-order valence-corrected chi connectivity index (χ1v) is 10.5. The third kappa shape index (κ3) is 5.54. The van der Waals surface area contributed by atoms with Gasteiger partial charge in [0.1, 0.15) is 0 Å². The fourth-order valence-electron chi connectivity index (χ4n) is 2.86. The van der Waals surface area contributed by atoms with Crippen LogP contribution < -0.4 is 15.6 Å². The predicted octanol–water partition coefficient (Wildman–Crippen LogP) is 2.10. The van der Waals surface area contributed by atoms with Crippen LogP contribution in [0.5, 0.6) is 0 Å². The highest BCUT2D eigenvalue weighted by atomic mass is 32.2.